The van der Waals surface area contributed by atoms with Crippen molar-refractivity contribution in [3.05, 3.63) is 34.9 Å². The fraction of sp³-hybridized carbons (Fsp3) is 0.500. The lowest BCUT2D eigenvalue weighted by Crippen LogP contribution is -2.37. The molecule has 6 heteroatoms. The van der Waals surface area contributed by atoms with Crippen molar-refractivity contribution in [3.63, 3.8) is 0 Å². The summed E-state index contributed by atoms with van der Waals surface area (Å²) >= 11 is 5.81. The Balaban J connectivity index is 2.44. The number of hydrogen-bond acceptors (Lipinski definition) is 4. The van der Waals surface area contributed by atoms with Gasteiger partial charge in [-0.25, -0.2) is 8.42 Å². The fourth-order valence-electron chi connectivity index (χ4n) is 1.74. The Kier molecular flexibility index (Phi) is 6.08. The second-order valence-corrected chi connectivity index (χ2v) is 7.16. The molecule has 1 unspecified atom stereocenters. The molecule has 0 heterocycles. The van der Waals surface area contributed by atoms with Crippen LogP contribution in [0.3, 0.4) is 0 Å². The lowest BCUT2D eigenvalue weighted by Gasteiger charge is -2.15. The van der Waals surface area contributed by atoms with E-state index >= 15 is 0 Å². The average Bonchev–Trinajstić information content (AvgIpc) is 2.29. The van der Waals surface area contributed by atoms with Crippen LogP contribution in [0.5, 0.6) is 0 Å². The van der Waals surface area contributed by atoms with E-state index in [0.717, 1.165) is 18.4 Å². The zero-order valence-corrected chi connectivity index (χ0v) is 12.0. The summed E-state index contributed by atoms with van der Waals surface area (Å²) in [4.78, 5) is 0. The molecule has 0 aromatic heterocycles. The van der Waals surface area contributed by atoms with Crippen molar-refractivity contribution in [1.29, 1.82) is 0 Å². The predicted molar refractivity (Wildman–Crippen MR) is 75.2 cm³/mol. The molecule has 1 aromatic carbocycles. The van der Waals surface area contributed by atoms with E-state index in [-0.39, 0.29) is 11.8 Å². The topological polar surface area (TPSA) is 72.2 Å². The molecule has 1 aromatic rings. The van der Waals surface area contributed by atoms with E-state index in [4.69, 9.17) is 17.4 Å². The van der Waals surface area contributed by atoms with Crippen LogP contribution in [-0.2, 0) is 16.3 Å². The predicted octanol–water partition coefficient (Wildman–Crippen LogP) is 1.54. The fourth-order valence-corrected chi connectivity index (χ4v) is 2.56. The molecule has 3 N–H and O–H groups in total. The Hall–Kier alpha value is -0.620. The highest BCUT2D eigenvalue weighted by atomic mass is 35.5. The van der Waals surface area contributed by atoms with E-state index in [9.17, 15) is 8.42 Å². The van der Waals surface area contributed by atoms with Gasteiger partial charge in [-0.05, 0) is 37.0 Å². The SMILES string of the molecule is CS(=O)(=O)CCCC(Cc1ccc(Cl)cc1)NN. The smallest absolute Gasteiger partial charge is 0.147 e. The van der Waals surface area contributed by atoms with Gasteiger partial charge >= 0.3 is 0 Å². The van der Waals surface area contributed by atoms with Crippen molar-refractivity contribution in [2.75, 3.05) is 12.0 Å². The Morgan fingerprint density at radius 1 is 1.33 bits per heavy atom. The number of nitrogens with two attached hydrogens (primary N) is 1. The molecule has 0 spiro atoms. The zero-order chi connectivity index (χ0) is 13.6. The molecule has 0 fully saturated rings. The molecule has 0 saturated heterocycles. The number of nitrogens with one attached hydrogen (secondary N) is 1. The molecule has 0 aliphatic heterocycles. The average molecular weight is 291 g/mol. The van der Waals surface area contributed by atoms with Crippen molar-refractivity contribution < 1.29 is 8.42 Å². The first kappa shape index (κ1) is 15.4. The summed E-state index contributed by atoms with van der Waals surface area (Å²) in [5.74, 6) is 5.68. The van der Waals surface area contributed by atoms with Crippen molar-refractivity contribution in [2.45, 2.75) is 25.3 Å². The molecule has 18 heavy (non-hydrogen) atoms. The summed E-state index contributed by atoms with van der Waals surface area (Å²) in [6, 6.07) is 7.64. The third kappa shape index (κ3) is 6.35. The first-order chi connectivity index (χ1) is 8.40. The van der Waals surface area contributed by atoms with Gasteiger partial charge in [0.2, 0.25) is 0 Å². The second-order valence-electron chi connectivity index (χ2n) is 4.47. The Morgan fingerprint density at radius 2 is 1.94 bits per heavy atom. The molecule has 0 radical (unpaired) electrons. The number of benzene rings is 1. The molecular weight excluding hydrogens is 272 g/mol. The minimum atomic E-state index is -2.89. The normalized spacial score (nSPS) is 13.5. The molecular formula is C12H19ClN2O2S. The summed E-state index contributed by atoms with van der Waals surface area (Å²) in [7, 11) is -2.89. The summed E-state index contributed by atoms with van der Waals surface area (Å²) in [5.41, 5.74) is 3.85. The zero-order valence-electron chi connectivity index (χ0n) is 10.4. The van der Waals surface area contributed by atoms with Gasteiger partial charge in [0.1, 0.15) is 9.84 Å². The van der Waals surface area contributed by atoms with Gasteiger partial charge in [-0.15, -0.1) is 0 Å². The first-order valence-electron chi connectivity index (χ1n) is 5.79. The van der Waals surface area contributed by atoms with Gasteiger partial charge in [-0.2, -0.15) is 0 Å². The number of sulfone groups is 1. The van der Waals surface area contributed by atoms with Gasteiger partial charge in [0.05, 0.1) is 0 Å². The maximum Gasteiger partial charge on any atom is 0.147 e. The lowest BCUT2D eigenvalue weighted by atomic mass is 10.0. The molecule has 0 amide bonds. The van der Waals surface area contributed by atoms with Crippen LogP contribution in [-0.4, -0.2) is 26.5 Å². The van der Waals surface area contributed by atoms with Crippen LogP contribution in [0.1, 0.15) is 18.4 Å². The van der Waals surface area contributed by atoms with Gasteiger partial charge in [-0.3, -0.25) is 11.3 Å². The monoisotopic (exact) mass is 290 g/mol. The van der Waals surface area contributed by atoms with Crippen molar-refractivity contribution >= 4 is 21.4 Å². The molecule has 4 nitrogen and oxygen atoms in total. The van der Waals surface area contributed by atoms with Crippen molar-refractivity contribution in [3.8, 4) is 0 Å². The molecule has 1 atom stereocenters. The van der Waals surface area contributed by atoms with E-state index in [2.05, 4.69) is 5.43 Å². The number of rotatable bonds is 7. The van der Waals surface area contributed by atoms with E-state index < -0.39 is 9.84 Å². The first-order valence-corrected chi connectivity index (χ1v) is 8.23. The van der Waals surface area contributed by atoms with E-state index in [1.165, 1.54) is 6.26 Å². The summed E-state index contributed by atoms with van der Waals surface area (Å²) in [6.07, 6.45) is 3.35. The quantitative estimate of drug-likeness (QED) is 0.590. The van der Waals surface area contributed by atoms with E-state index in [1.807, 2.05) is 24.3 Å². The molecule has 0 aliphatic rings. The highest BCUT2D eigenvalue weighted by Gasteiger charge is 2.10. The van der Waals surface area contributed by atoms with E-state index in [0.29, 0.717) is 11.4 Å². The van der Waals surface area contributed by atoms with Gasteiger partial charge in [0, 0.05) is 23.1 Å². The van der Waals surface area contributed by atoms with Crippen molar-refractivity contribution in [1.82, 2.24) is 5.43 Å². The van der Waals surface area contributed by atoms with Crippen LogP contribution in [0.2, 0.25) is 5.02 Å². The van der Waals surface area contributed by atoms with Gasteiger partial charge in [0.25, 0.3) is 0 Å². The highest BCUT2D eigenvalue weighted by Crippen LogP contribution is 2.12. The number of hydrogen-bond donors (Lipinski definition) is 2. The standard InChI is InChI=1S/C12H19ClN2O2S/c1-18(16,17)8-2-3-12(15-14)9-10-4-6-11(13)7-5-10/h4-7,12,15H,2-3,8-9,14H2,1H3. The third-order valence-corrected chi connectivity index (χ3v) is 3.98. The Bertz CT molecular complexity index is 459. The van der Waals surface area contributed by atoms with Crippen LogP contribution in [0, 0.1) is 0 Å². The van der Waals surface area contributed by atoms with Gasteiger partial charge in [-0.1, -0.05) is 23.7 Å². The van der Waals surface area contributed by atoms with Crippen LogP contribution in [0.25, 0.3) is 0 Å². The Labute approximate surface area is 113 Å². The number of halogens is 1. The third-order valence-electron chi connectivity index (χ3n) is 2.70. The lowest BCUT2D eigenvalue weighted by molar-refractivity contribution is 0.485. The van der Waals surface area contributed by atoms with Gasteiger partial charge < -0.3 is 0 Å². The molecule has 0 aliphatic carbocycles. The van der Waals surface area contributed by atoms with Crippen molar-refractivity contribution in [2.24, 2.45) is 5.84 Å². The molecule has 102 valence electrons. The second kappa shape index (κ2) is 7.09. The summed E-state index contributed by atoms with van der Waals surface area (Å²) < 4.78 is 22.1. The molecule has 0 saturated carbocycles. The van der Waals surface area contributed by atoms with Crippen LogP contribution < -0.4 is 11.3 Å². The molecule has 1 rings (SSSR count). The van der Waals surface area contributed by atoms with Crippen LogP contribution >= 0.6 is 11.6 Å². The minimum Gasteiger partial charge on any atom is -0.271 e. The van der Waals surface area contributed by atoms with Gasteiger partial charge in [0.15, 0.2) is 0 Å². The van der Waals surface area contributed by atoms with Crippen LogP contribution in [0.15, 0.2) is 24.3 Å². The largest absolute Gasteiger partial charge is 0.271 e. The summed E-state index contributed by atoms with van der Waals surface area (Å²) in [6.45, 7) is 0. The summed E-state index contributed by atoms with van der Waals surface area (Å²) in [5, 5.41) is 0.702. The van der Waals surface area contributed by atoms with E-state index in [1.54, 1.807) is 0 Å². The number of hydrazine groups is 1. The maximum atomic E-state index is 11.0. The Morgan fingerprint density at radius 3 is 2.44 bits per heavy atom. The molecule has 0 bridgehead atoms. The minimum absolute atomic E-state index is 0.0768. The highest BCUT2D eigenvalue weighted by molar-refractivity contribution is 7.90. The maximum absolute atomic E-state index is 11.0. The van der Waals surface area contributed by atoms with Crippen LogP contribution in [0.4, 0.5) is 0 Å².